The molecule has 0 unspecified atom stereocenters. The highest BCUT2D eigenvalue weighted by Gasteiger charge is 2.25. The number of carbonyl (C=O) groups excluding carboxylic acids is 1. The van der Waals surface area contributed by atoms with Crippen LogP contribution in [0.1, 0.15) is 53.4 Å². The van der Waals surface area contributed by atoms with E-state index >= 15 is 0 Å². The number of hydrogen-bond donors (Lipinski definition) is 0. The Morgan fingerprint density at radius 3 is 3.00 bits per heavy atom. The molecule has 2 heterocycles. The Kier molecular flexibility index (Phi) is 6.34. The number of rotatable bonds is 7. The van der Waals surface area contributed by atoms with Gasteiger partial charge in [0.1, 0.15) is 6.33 Å². The number of nitrogens with zero attached hydrogens (tertiary/aromatic N) is 3. The van der Waals surface area contributed by atoms with Crippen molar-refractivity contribution in [2.24, 2.45) is 0 Å². The molecule has 5 nitrogen and oxygen atoms in total. The van der Waals surface area contributed by atoms with Crippen LogP contribution < -0.4 is 0 Å². The molecule has 1 atom stereocenters. The Labute approximate surface area is 155 Å². The molecule has 1 aliphatic rings. The van der Waals surface area contributed by atoms with Gasteiger partial charge in [0, 0.05) is 25.9 Å². The van der Waals surface area contributed by atoms with E-state index in [9.17, 15) is 4.79 Å². The van der Waals surface area contributed by atoms with Crippen molar-refractivity contribution in [3.05, 3.63) is 59.2 Å². The predicted molar refractivity (Wildman–Crippen MR) is 101 cm³/mol. The number of aromatic nitrogens is 2. The Bertz CT molecular complexity index is 742. The molecule has 1 saturated heterocycles. The van der Waals surface area contributed by atoms with Gasteiger partial charge in [-0.25, -0.2) is 9.97 Å². The summed E-state index contributed by atoms with van der Waals surface area (Å²) in [5, 5.41) is 0. The second kappa shape index (κ2) is 8.90. The van der Waals surface area contributed by atoms with Gasteiger partial charge in [0.05, 0.1) is 17.4 Å². The van der Waals surface area contributed by atoms with Crippen LogP contribution in [0.2, 0.25) is 0 Å². The van der Waals surface area contributed by atoms with E-state index in [0.29, 0.717) is 18.7 Å². The van der Waals surface area contributed by atoms with E-state index in [2.05, 4.69) is 42.0 Å². The lowest BCUT2D eigenvalue weighted by molar-refractivity contribution is 0.0505. The molecular weight excluding hydrogens is 326 g/mol. The fourth-order valence-electron chi connectivity index (χ4n) is 3.42. The Hall–Kier alpha value is -2.27. The van der Waals surface area contributed by atoms with Crippen molar-refractivity contribution in [3.63, 3.8) is 0 Å². The average molecular weight is 353 g/mol. The highest BCUT2D eigenvalue weighted by Crippen LogP contribution is 2.19. The second-order valence-corrected chi connectivity index (χ2v) is 6.94. The fraction of sp³-hybridized carbons (Fsp3) is 0.476. The number of hydrogen-bond acceptors (Lipinski definition) is 4. The summed E-state index contributed by atoms with van der Waals surface area (Å²) in [6.45, 7) is 6.12. The maximum atomic E-state index is 13.3. The molecule has 0 aliphatic carbocycles. The summed E-state index contributed by atoms with van der Waals surface area (Å²) >= 11 is 0. The average Bonchev–Trinajstić information content (AvgIpc) is 3.15. The molecule has 1 aliphatic heterocycles. The van der Waals surface area contributed by atoms with E-state index in [1.807, 2.05) is 11.0 Å². The molecule has 0 N–H and O–H groups in total. The summed E-state index contributed by atoms with van der Waals surface area (Å²) < 4.78 is 5.78. The van der Waals surface area contributed by atoms with Crippen molar-refractivity contribution in [1.82, 2.24) is 14.9 Å². The van der Waals surface area contributed by atoms with Crippen LogP contribution in [-0.4, -0.2) is 40.0 Å². The summed E-state index contributed by atoms with van der Waals surface area (Å²) in [6.07, 6.45) is 7.08. The summed E-state index contributed by atoms with van der Waals surface area (Å²) in [5.41, 5.74) is 3.76. The predicted octanol–water partition coefficient (Wildman–Crippen LogP) is 3.56. The van der Waals surface area contributed by atoms with Crippen LogP contribution in [0, 0.1) is 6.92 Å². The Morgan fingerprint density at radius 1 is 1.38 bits per heavy atom. The molecule has 0 radical (unpaired) electrons. The van der Waals surface area contributed by atoms with Gasteiger partial charge in [0.25, 0.3) is 5.91 Å². The first kappa shape index (κ1) is 18.5. The first-order chi connectivity index (χ1) is 12.7. The van der Waals surface area contributed by atoms with Crippen molar-refractivity contribution in [2.45, 2.75) is 52.2 Å². The normalized spacial score (nSPS) is 16.6. The molecule has 0 bridgehead atoms. The summed E-state index contributed by atoms with van der Waals surface area (Å²) in [7, 11) is 0. The number of ether oxygens (including phenoxy) is 1. The minimum absolute atomic E-state index is 0.00828. The van der Waals surface area contributed by atoms with E-state index < -0.39 is 0 Å². The highest BCUT2D eigenvalue weighted by molar-refractivity contribution is 5.95. The summed E-state index contributed by atoms with van der Waals surface area (Å²) in [5.74, 6) is -0.00828. The number of aryl methyl sites for hydroxylation is 2. The van der Waals surface area contributed by atoms with Crippen LogP contribution in [0.4, 0.5) is 0 Å². The molecule has 0 spiro atoms. The number of carbonyl (C=O) groups is 1. The van der Waals surface area contributed by atoms with Gasteiger partial charge >= 0.3 is 0 Å². The third-order valence-corrected chi connectivity index (χ3v) is 4.70. The molecule has 1 amide bonds. The van der Waals surface area contributed by atoms with Crippen molar-refractivity contribution < 1.29 is 9.53 Å². The summed E-state index contributed by atoms with van der Waals surface area (Å²) in [4.78, 5) is 23.6. The van der Waals surface area contributed by atoms with Crippen LogP contribution >= 0.6 is 0 Å². The monoisotopic (exact) mass is 353 g/mol. The quantitative estimate of drug-likeness (QED) is 0.764. The van der Waals surface area contributed by atoms with Crippen molar-refractivity contribution in [2.75, 3.05) is 13.2 Å². The van der Waals surface area contributed by atoms with Gasteiger partial charge in [-0.15, -0.1) is 0 Å². The van der Waals surface area contributed by atoms with Crippen LogP contribution in [-0.2, 0) is 17.7 Å². The molecule has 138 valence electrons. The standard InChI is InChI=1S/C21H27N3O2/c1-3-6-20-19(12-22-15-23-20)21(25)24(14-18-9-5-10-26-18)13-17-8-4-7-16(2)11-17/h4,7-8,11-12,15,18H,3,5-6,9-10,13-14H2,1-2H3/t18-/m0/s1. The molecule has 3 rings (SSSR count). The second-order valence-electron chi connectivity index (χ2n) is 6.94. The van der Waals surface area contributed by atoms with Gasteiger partial charge in [0.2, 0.25) is 0 Å². The molecule has 26 heavy (non-hydrogen) atoms. The largest absolute Gasteiger partial charge is 0.376 e. The van der Waals surface area contributed by atoms with Crippen molar-refractivity contribution in [1.29, 1.82) is 0 Å². The molecule has 2 aromatic rings. The van der Waals surface area contributed by atoms with Gasteiger partial charge in [-0.3, -0.25) is 4.79 Å². The van der Waals surface area contributed by atoms with E-state index in [1.54, 1.807) is 6.20 Å². The number of benzene rings is 1. The van der Waals surface area contributed by atoms with Gasteiger partial charge in [0.15, 0.2) is 0 Å². The van der Waals surface area contributed by atoms with Crippen LogP contribution in [0.5, 0.6) is 0 Å². The highest BCUT2D eigenvalue weighted by atomic mass is 16.5. The topological polar surface area (TPSA) is 55.3 Å². The summed E-state index contributed by atoms with van der Waals surface area (Å²) in [6, 6.07) is 8.30. The van der Waals surface area contributed by atoms with Crippen LogP contribution in [0.15, 0.2) is 36.8 Å². The van der Waals surface area contributed by atoms with Gasteiger partial charge in [-0.1, -0.05) is 43.2 Å². The van der Waals surface area contributed by atoms with Gasteiger partial charge < -0.3 is 9.64 Å². The molecule has 1 aromatic heterocycles. The zero-order valence-corrected chi connectivity index (χ0v) is 15.6. The third kappa shape index (κ3) is 4.67. The molecule has 5 heteroatoms. The van der Waals surface area contributed by atoms with E-state index in [0.717, 1.165) is 43.5 Å². The lowest BCUT2D eigenvalue weighted by Gasteiger charge is -2.26. The minimum Gasteiger partial charge on any atom is -0.376 e. The zero-order valence-electron chi connectivity index (χ0n) is 15.6. The van der Waals surface area contributed by atoms with Crippen molar-refractivity contribution >= 4 is 5.91 Å². The molecular formula is C21H27N3O2. The molecule has 0 saturated carbocycles. The first-order valence-electron chi connectivity index (χ1n) is 9.42. The Morgan fingerprint density at radius 2 is 2.27 bits per heavy atom. The van der Waals surface area contributed by atoms with E-state index in [4.69, 9.17) is 4.74 Å². The maximum absolute atomic E-state index is 13.3. The molecule has 1 aromatic carbocycles. The lowest BCUT2D eigenvalue weighted by atomic mass is 10.1. The smallest absolute Gasteiger partial charge is 0.257 e. The van der Waals surface area contributed by atoms with E-state index in [1.165, 1.54) is 11.9 Å². The maximum Gasteiger partial charge on any atom is 0.257 e. The molecule has 1 fully saturated rings. The SMILES string of the molecule is CCCc1ncncc1C(=O)N(Cc1cccc(C)c1)C[C@@H]1CCCO1. The lowest BCUT2D eigenvalue weighted by Crippen LogP contribution is -2.37. The first-order valence-corrected chi connectivity index (χ1v) is 9.42. The van der Waals surface area contributed by atoms with Gasteiger partial charge in [-0.2, -0.15) is 0 Å². The van der Waals surface area contributed by atoms with Crippen LogP contribution in [0.25, 0.3) is 0 Å². The fourth-order valence-corrected chi connectivity index (χ4v) is 3.42. The Balaban J connectivity index is 1.85. The minimum atomic E-state index is -0.00828. The zero-order chi connectivity index (χ0) is 18.4. The van der Waals surface area contributed by atoms with Crippen LogP contribution in [0.3, 0.4) is 0 Å². The van der Waals surface area contributed by atoms with E-state index in [-0.39, 0.29) is 12.0 Å². The number of amides is 1. The third-order valence-electron chi connectivity index (χ3n) is 4.70. The van der Waals surface area contributed by atoms with Gasteiger partial charge in [-0.05, 0) is 31.7 Å². The van der Waals surface area contributed by atoms with Crippen molar-refractivity contribution in [3.8, 4) is 0 Å².